The van der Waals surface area contributed by atoms with Gasteiger partial charge in [0.15, 0.2) is 0 Å². The van der Waals surface area contributed by atoms with E-state index in [-0.39, 0.29) is 24.7 Å². The van der Waals surface area contributed by atoms with Gasteiger partial charge in [0.2, 0.25) is 5.91 Å². The second-order valence-electron chi connectivity index (χ2n) is 6.69. The molecule has 3 rings (SSSR count). The summed E-state index contributed by atoms with van der Waals surface area (Å²) in [6.45, 7) is 3.73. The quantitative estimate of drug-likeness (QED) is 0.635. The lowest BCUT2D eigenvalue weighted by Crippen LogP contribution is -2.25. The van der Waals surface area contributed by atoms with E-state index in [1.54, 1.807) is 23.7 Å². The maximum absolute atomic E-state index is 13.1. The Morgan fingerprint density at radius 3 is 2.24 bits per heavy atom. The number of carbonyl (C=O) groups is 1. The Hall–Kier alpha value is -3.16. The first-order valence-electron chi connectivity index (χ1n) is 8.89. The van der Waals surface area contributed by atoms with Gasteiger partial charge in [-0.25, -0.2) is 9.07 Å². The van der Waals surface area contributed by atoms with Crippen LogP contribution in [0.25, 0.3) is 5.69 Å². The fourth-order valence-corrected chi connectivity index (χ4v) is 3.00. The van der Waals surface area contributed by atoms with Gasteiger partial charge in [-0.1, -0.05) is 12.1 Å². The molecule has 2 aromatic carbocycles. The van der Waals surface area contributed by atoms with Crippen LogP contribution in [-0.2, 0) is 23.9 Å². The predicted molar refractivity (Wildman–Crippen MR) is 100.0 cm³/mol. The van der Waals surface area contributed by atoms with Crippen molar-refractivity contribution in [1.29, 1.82) is 0 Å². The van der Waals surface area contributed by atoms with Gasteiger partial charge in [0.25, 0.3) is 0 Å². The number of halogens is 4. The second-order valence-corrected chi connectivity index (χ2v) is 6.69. The number of hydrogen-bond donors (Lipinski definition) is 1. The molecule has 0 unspecified atom stereocenters. The summed E-state index contributed by atoms with van der Waals surface area (Å²) >= 11 is 0. The molecule has 1 aromatic heterocycles. The zero-order chi connectivity index (χ0) is 21.2. The number of nitrogens with one attached hydrogen (secondary N) is 1. The maximum atomic E-state index is 13.1. The minimum atomic E-state index is -4.39. The van der Waals surface area contributed by atoms with Gasteiger partial charge >= 0.3 is 6.18 Å². The molecule has 0 aliphatic heterocycles. The Balaban J connectivity index is 1.66. The lowest BCUT2D eigenvalue weighted by Gasteiger charge is -2.09. The normalized spacial score (nSPS) is 11.5. The molecular weight excluding hydrogens is 386 g/mol. The van der Waals surface area contributed by atoms with Crippen LogP contribution in [0.5, 0.6) is 0 Å². The SMILES string of the molecule is Cc1nn(-c2ccc(F)cc2)c(C)c1CC(=O)NCc1ccc(C(F)(F)F)cc1. The molecule has 152 valence electrons. The largest absolute Gasteiger partial charge is 0.416 e. The van der Waals surface area contributed by atoms with E-state index in [9.17, 15) is 22.4 Å². The Bertz CT molecular complexity index is 1010. The molecule has 0 aliphatic rings. The highest BCUT2D eigenvalue weighted by molar-refractivity contribution is 5.79. The Labute approximate surface area is 165 Å². The fraction of sp³-hybridized carbons (Fsp3) is 0.238. The van der Waals surface area contributed by atoms with Crippen molar-refractivity contribution in [3.8, 4) is 5.69 Å². The maximum Gasteiger partial charge on any atom is 0.416 e. The van der Waals surface area contributed by atoms with Gasteiger partial charge in [-0.3, -0.25) is 4.79 Å². The number of aryl methyl sites for hydroxylation is 1. The van der Waals surface area contributed by atoms with Crippen LogP contribution in [-0.4, -0.2) is 15.7 Å². The lowest BCUT2D eigenvalue weighted by molar-refractivity contribution is -0.137. The topological polar surface area (TPSA) is 46.9 Å². The number of benzene rings is 2. The van der Waals surface area contributed by atoms with E-state index in [4.69, 9.17) is 0 Å². The van der Waals surface area contributed by atoms with E-state index in [1.807, 2.05) is 6.92 Å². The molecular formula is C21H19F4N3O. The monoisotopic (exact) mass is 405 g/mol. The number of alkyl halides is 3. The van der Waals surface area contributed by atoms with Crippen LogP contribution < -0.4 is 5.32 Å². The van der Waals surface area contributed by atoms with Gasteiger partial charge in [0.1, 0.15) is 5.82 Å². The predicted octanol–water partition coefficient (Wildman–Crippen LogP) is 4.51. The minimum absolute atomic E-state index is 0.0828. The third kappa shape index (κ3) is 4.82. The van der Waals surface area contributed by atoms with Gasteiger partial charge in [-0.2, -0.15) is 18.3 Å². The molecule has 1 N–H and O–H groups in total. The molecule has 0 atom stereocenters. The van der Waals surface area contributed by atoms with E-state index >= 15 is 0 Å². The number of amides is 1. The minimum Gasteiger partial charge on any atom is -0.352 e. The number of carbonyl (C=O) groups excluding carboxylic acids is 1. The molecule has 29 heavy (non-hydrogen) atoms. The highest BCUT2D eigenvalue weighted by atomic mass is 19.4. The van der Waals surface area contributed by atoms with Crippen molar-refractivity contribution in [2.75, 3.05) is 0 Å². The van der Waals surface area contributed by atoms with E-state index < -0.39 is 11.7 Å². The van der Waals surface area contributed by atoms with Gasteiger partial charge < -0.3 is 5.32 Å². The van der Waals surface area contributed by atoms with Gasteiger partial charge in [0, 0.05) is 17.8 Å². The van der Waals surface area contributed by atoms with Gasteiger partial charge in [-0.15, -0.1) is 0 Å². The number of rotatable bonds is 5. The van der Waals surface area contributed by atoms with Gasteiger partial charge in [-0.05, 0) is 55.8 Å². The van der Waals surface area contributed by atoms with Crippen molar-refractivity contribution in [3.05, 3.63) is 82.4 Å². The molecule has 0 radical (unpaired) electrons. The zero-order valence-corrected chi connectivity index (χ0v) is 15.8. The lowest BCUT2D eigenvalue weighted by atomic mass is 10.1. The second kappa shape index (κ2) is 8.06. The first kappa shape index (κ1) is 20.6. The van der Waals surface area contributed by atoms with Crippen molar-refractivity contribution in [1.82, 2.24) is 15.1 Å². The molecule has 0 saturated carbocycles. The number of nitrogens with zero attached hydrogens (tertiary/aromatic N) is 2. The highest BCUT2D eigenvalue weighted by Gasteiger charge is 2.29. The molecule has 0 aliphatic carbocycles. The summed E-state index contributed by atoms with van der Waals surface area (Å²) in [6.07, 6.45) is -4.30. The van der Waals surface area contributed by atoms with Crippen molar-refractivity contribution in [3.63, 3.8) is 0 Å². The van der Waals surface area contributed by atoms with Crippen LogP contribution in [0.15, 0.2) is 48.5 Å². The van der Waals surface area contributed by atoms with Crippen LogP contribution in [0.4, 0.5) is 17.6 Å². The summed E-state index contributed by atoms with van der Waals surface area (Å²) in [6, 6.07) is 10.5. The average molecular weight is 405 g/mol. The molecule has 0 bridgehead atoms. The molecule has 8 heteroatoms. The molecule has 3 aromatic rings. The smallest absolute Gasteiger partial charge is 0.352 e. The third-order valence-electron chi connectivity index (χ3n) is 4.62. The van der Waals surface area contributed by atoms with E-state index in [2.05, 4.69) is 10.4 Å². The Morgan fingerprint density at radius 2 is 1.66 bits per heavy atom. The number of hydrogen-bond acceptors (Lipinski definition) is 2. The first-order chi connectivity index (χ1) is 13.6. The average Bonchev–Trinajstić information content (AvgIpc) is 2.95. The fourth-order valence-electron chi connectivity index (χ4n) is 3.00. The highest BCUT2D eigenvalue weighted by Crippen LogP contribution is 2.29. The molecule has 0 spiro atoms. The van der Waals surface area contributed by atoms with Crippen molar-refractivity contribution < 1.29 is 22.4 Å². The van der Waals surface area contributed by atoms with Crippen LogP contribution in [0.1, 0.15) is 28.1 Å². The van der Waals surface area contributed by atoms with E-state index in [0.717, 1.165) is 23.4 Å². The molecule has 4 nitrogen and oxygen atoms in total. The van der Waals surface area contributed by atoms with Crippen molar-refractivity contribution in [2.24, 2.45) is 0 Å². The van der Waals surface area contributed by atoms with Crippen LogP contribution in [0.3, 0.4) is 0 Å². The zero-order valence-electron chi connectivity index (χ0n) is 15.8. The van der Waals surface area contributed by atoms with Crippen LogP contribution >= 0.6 is 0 Å². The summed E-state index contributed by atoms with van der Waals surface area (Å²) < 4.78 is 52.6. The summed E-state index contributed by atoms with van der Waals surface area (Å²) in [7, 11) is 0. The van der Waals surface area contributed by atoms with Crippen LogP contribution in [0.2, 0.25) is 0 Å². The Kier molecular flexibility index (Phi) is 5.72. The number of aromatic nitrogens is 2. The molecule has 1 amide bonds. The summed E-state index contributed by atoms with van der Waals surface area (Å²) in [4.78, 5) is 12.3. The standard InChI is InChI=1S/C21H19F4N3O/c1-13-19(14(2)28(27-13)18-9-7-17(22)8-10-18)11-20(29)26-12-15-3-5-16(6-4-15)21(23,24)25/h3-10H,11-12H2,1-2H3,(H,26,29). The van der Waals surface area contributed by atoms with Crippen LogP contribution in [0, 0.1) is 19.7 Å². The Morgan fingerprint density at radius 1 is 1.03 bits per heavy atom. The van der Waals surface area contributed by atoms with E-state index in [0.29, 0.717) is 16.9 Å². The van der Waals surface area contributed by atoms with E-state index in [1.165, 1.54) is 24.3 Å². The third-order valence-corrected chi connectivity index (χ3v) is 4.62. The summed E-state index contributed by atoms with van der Waals surface area (Å²) in [5, 5.41) is 7.13. The van der Waals surface area contributed by atoms with Crippen molar-refractivity contribution >= 4 is 5.91 Å². The molecule has 0 saturated heterocycles. The molecule has 0 fully saturated rings. The summed E-state index contributed by atoms with van der Waals surface area (Å²) in [5.74, 6) is -0.618. The first-order valence-corrected chi connectivity index (χ1v) is 8.89. The summed E-state index contributed by atoms with van der Waals surface area (Å²) in [5.41, 5.74) is 2.71. The molecule has 1 heterocycles. The van der Waals surface area contributed by atoms with Crippen molar-refractivity contribution in [2.45, 2.75) is 33.0 Å². The van der Waals surface area contributed by atoms with Gasteiger partial charge in [0.05, 0.1) is 23.4 Å².